The van der Waals surface area contributed by atoms with Crippen LogP contribution in [0.4, 0.5) is 0 Å². The number of esters is 1. The fourth-order valence-corrected chi connectivity index (χ4v) is 1.06. The lowest BCUT2D eigenvalue weighted by Gasteiger charge is -2.25. The van der Waals surface area contributed by atoms with Crippen molar-refractivity contribution in [1.82, 2.24) is 4.90 Å². The van der Waals surface area contributed by atoms with Gasteiger partial charge in [0.05, 0.1) is 7.11 Å². The molecule has 0 heterocycles. The number of hydrogen-bond acceptors (Lipinski definition) is 3. The van der Waals surface area contributed by atoms with Crippen LogP contribution in [0.5, 0.6) is 0 Å². The van der Waals surface area contributed by atoms with Crippen LogP contribution in [0, 0.1) is 5.41 Å². The van der Waals surface area contributed by atoms with Gasteiger partial charge in [0.2, 0.25) is 0 Å². The molecule has 0 unspecified atom stereocenters. The van der Waals surface area contributed by atoms with Gasteiger partial charge >= 0.3 is 5.97 Å². The van der Waals surface area contributed by atoms with Crippen LogP contribution in [0.3, 0.4) is 0 Å². The molecule has 0 fully saturated rings. The van der Waals surface area contributed by atoms with Crippen molar-refractivity contribution in [2.75, 3.05) is 20.7 Å². The number of methoxy groups -OCH3 is 1. The zero-order valence-corrected chi connectivity index (χ0v) is 9.13. The molecule has 0 aliphatic rings. The van der Waals surface area contributed by atoms with Crippen molar-refractivity contribution in [3.05, 3.63) is 12.3 Å². The molecule has 0 aromatic carbocycles. The summed E-state index contributed by atoms with van der Waals surface area (Å²) in [4.78, 5) is 12.7. The lowest BCUT2D eigenvalue weighted by Crippen LogP contribution is -2.25. The fraction of sp³-hybridized carbons (Fsp3) is 0.700. The van der Waals surface area contributed by atoms with Crippen molar-refractivity contribution in [3.8, 4) is 0 Å². The second kappa shape index (κ2) is 4.90. The smallest absolute Gasteiger partial charge is 0.331 e. The Bertz CT molecular complexity index is 192. The molecule has 0 atom stereocenters. The summed E-state index contributed by atoms with van der Waals surface area (Å²) in [6, 6.07) is 0. The van der Waals surface area contributed by atoms with Crippen molar-refractivity contribution in [1.29, 1.82) is 0 Å². The predicted octanol–water partition coefficient (Wildman–Crippen LogP) is 1.65. The second-order valence-electron chi connectivity index (χ2n) is 4.31. The Morgan fingerprint density at radius 2 is 2.00 bits per heavy atom. The Kier molecular flexibility index (Phi) is 4.52. The molecule has 76 valence electrons. The van der Waals surface area contributed by atoms with Gasteiger partial charge in [-0.2, -0.15) is 0 Å². The first-order valence-corrected chi connectivity index (χ1v) is 4.31. The third-order valence-corrected chi connectivity index (χ3v) is 1.39. The van der Waals surface area contributed by atoms with E-state index in [1.807, 2.05) is 11.9 Å². The van der Waals surface area contributed by atoms with Crippen LogP contribution in [-0.4, -0.2) is 31.6 Å². The molecule has 0 bridgehead atoms. The Hall–Kier alpha value is -0.990. The number of hydrogen-bond donors (Lipinski definition) is 0. The van der Waals surface area contributed by atoms with E-state index in [9.17, 15) is 4.79 Å². The van der Waals surface area contributed by atoms with Gasteiger partial charge in [0.1, 0.15) is 0 Å². The first-order chi connectivity index (χ1) is 5.85. The first kappa shape index (κ1) is 12.0. The van der Waals surface area contributed by atoms with Gasteiger partial charge in [0, 0.05) is 25.9 Å². The molecule has 0 aliphatic heterocycles. The highest BCUT2D eigenvalue weighted by Crippen LogP contribution is 2.13. The third-order valence-electron chi connectivity index (χ3n) is 1.39. The molecular formula is C10H19NO2. The standard InChI is InChI=1S/C10H19NO2/c1-10(2,3)8-11(4)7-6-9(12)13-5/h6-7H,8H2,1-5H3. The summed E-state index contributed by atoms with van der Waals surface area (Å²) in [7, 11) is 3.31. The van der Waals surface area contributed by atoms with Gasteiger partial charge in [0.15, 0.2) is 0 Å². The topological polar surface area (TPSA) is 29.5 Å². The molecule has 0 aromatic heterocycles. The van der Waals surface area contributed by atoms with Crippen LogP contribution in [0.2, 0.25) is 0 Å². The summed E-state index contributed by atoms with van der Waals surface area (Å²) in [5.74, 6) is -0.319. The average Bonchev–Trinajstić information content (AvgIpc) is 1.97. The quantitative estimate of drug-likeness (QED) is 0.494. The molecule has 0 saturated heterocycles. The number of nitrogens with zero attached hydrogens (tertiary/aromatic N) is 1. The first-order valence-electron chi connectivity index (χ1n) is 4.31. The molecule has 3 nitrogen and oxygen atoms in total. The summed E-state index contributed by atoms with van der Waals surface area (Å²) in [5, 5.41) is 0. The largest absolute Gasteiger partial charge is 0.466 e. The van der Waals surface area contributed by atoms with Crippen molar-refractivity contribution in [3.63, 3.8) is 0 Å². The maximum Gasteiger partial charge on any atom is 0.331 e. The predicted molar refractivity (Wildman–Crippen MR) is 53.2 cm³/mol. The van der Waals surface area contributed by atoms with Gasteiger partial charge in [-0.25, -0.2) is 4.79 Å². The van der Waals surface area contributed by atoms with E-state index < -0.39 is 0 Å². The molecule has 0 aromatic rings. The SMILES string of the molecule is COC(=O)C=CN(C)CC(C)(C)C. The van der Waals surface area contributed by atoms with Gasteiger partial charge < -0.3 is 9.64 Å². The minimum Gasteiger partial charge on any atom is -0.466 e. The van der Waals surface area contributed by atoms with Gasteiger partial charge in [0.25, 0.3) is 0 Å². The Morgan fingerprint density at radius 3 is 2.38 bits per heavy atom. The van der Waals surface area contributed by atoms with Crippen molar-refractivity contribution < 1.29 is 9.53 Å². The van der Waals surface area contributed by atoms with E-state index in [4.69, 9.17) is 0 Å². The highest BCUT2D eigenvalue weighted by atomic mass is 16.5. The van der Waals surface area contributed by atoms with Crippen LogP contribution in [0.1, 0.15) is 20.8 Å². The summed E-state index contributed by atoms with van der Waals surface area (Å²) in [6.07, 6.45) is 3.16. The van der Waals surface area contributed by atoms with Crippen LogP contribution >= 0.6 is 0 Å². The molecule has 0 rings (SSSR count). The molecule has 0 amide bonds. The third kappa shape index (κ3) is 7.37. The lowest BCUT2D eigenvalue weighted by molar-refractivity contribution is -0.134. The highest BCUT2D eigenvalue weighted by Gasteiger charge is 2.11. The summed E-state index contributed by atoms with van der Waals surface area (Å²) < 4.78 is 4.48. The normalized spacial score (nSPS) is 11.8. The molecule has 0 spiro atoms. The summed E-state index contributed by atoms with van der Waals surface area (Å²) in [5.41, 5.74) is 0.231. The lowest BCUT2D eigenvalue weighted by atomic mass is 9.96. The minimum absolute atomic E-state index is 0.231. The fourth-order valence-electron chi connectivity index (χ4n) is 1.06. The van der Waals surface area contributed by atoms with Crippen LogP contribution in [0.15, 0.2) is 12.3 Å². The molecule has 0 saturated carbocycles. The maximum atomic E-state index is 10.7. The Morgan fingerprint density at radius 1 is 1.46 bits per heavy atom. The Labute approximate surface area is 80.4 Å². The van der Waals surface area contributed by atoms with Gasteiger partial charge in [-0.15, -0.1) is 0 Å². The molecular weight excluding hydrogens is 166 g/mol. The maximum absolute atomic E-state index is 10.7. The van der Waals surface area contributed by atoms with E-state index in [0.29, 0.717) is 0 Å². The number of carbonyl (C=O) groups is 1. The van der Waals surface area contributed by atoms with Crippen LogP contribution < -0.4 is 0 Å². The van der Waals surface area contributed by atoms with E-state index in [2.05, 4.69) is 25.5 Å². The summed E-state index contributed by atoms with van der Waals surface area (Å²) >= 11 is 0. The van der Waals surface area contributed by atoms with E-state index in [0.717, 1.165) is 6.54 Å². The zero-order chi connectivity index (χ0) is 10.5. The van der Waals surface area contributed by atoms with Gasteiger partial charge in [-0.05, 0) is 5.41 Å². The van der Waals surface area contributed by atoms with E-state index in [1.54, 1.807) is 6.20 Å². The van der Waals surface area contributed by atoms with E-state index in [1.165, 1.54) is 13.2 Å². The molecule has 13 heavy (non-hydrogen) atoms. The van der Waals surface area contributed by atoms with E-state index >= 15 is 0 Å². The van der Waals surface area contributed by atoms with Crippen molar-refractivity contribution in [2.24, 2.45) is 5.41 Å². The number of rotatable bonds is 3. The average molecular weight is 185 g/mol. The molecule has 0 aliphatic carbocycles. The van der Waals surface area contributed by atoms with Gasteiger partial charge in [-0.1, -0.05) is 20.8 Å². The van der Waals surface area contributed by atoms with E-state index in [-0.39, 0.29) is 11.4 Å². The van der Waals surface area contributed by atoms with Crippen LogP contribution in [-0.2, 0) is 9.53 Å². The minimum atomic E-state index is -0.319. The van der Waals surface area contributed by atoms with Crippen LogP contribution in [0.25, 0.3) is 0 Å². The molecule has 0 radical (unpaired) electrons. The van der Waals surface area contributed by atoms with Crippen molar-refractivity contribution in [2.45, 2.75) is 20.8 Å². The molecule has 3 heteroatoms. The Balaban J connectivity index is 3.94. The second-order valence-corrected chi connectivity index (χ2v) is 4.31. The summed E-state index contributed by atoms with van der Waals surface area (Å²) in [6.45, 7) is 7.35. The van der Waals surface area contributed by atoms with Gasteiger partial charge in [-0.3, -0.25) is 0 Å². The monoisotopic (exact) mass is 185 g/mol. The zero-order valence-electron chi connectivity index (χ0n) is 9.13. The highest BCUT2D eigenvalue weighted by molar-refractivity contribution is 5.81. The van der Waals surface area contributed by atoms with Crippen molar-refractivity contribution >= 4 is 5.97 Å². The number of ether oxygens (including phenoxy) is 1. The molecule has 0 N–H and O–H groups in total. The number of carbonyl (C=O) groups excluding carboxylic acids is 1.